The number of amides is 2. The molecule has 2 fully saturated rings. The molecule has 2 amide bonds. The Balaban J connectivity index is 1.58. The number of nitrogens with one attached hydrogen (secondary N) is 1. The number of benzene rings is 2. The predicted octanol–water partition coefficient (Wildman–Crippen LogP) is 3.40. The van der Waals surface area contributed by atoms with Gasteiger partial charge in [0.15, 0.2) is 9.84 Å². The minimum absolute atomic E-state index is 0.0167. The zero-order valence-corrected chi connectivity index (χ0v) is 20.9. The van der Waals surface area contributed by atoms with E-state index in [2.05, 4.69) is 5.32 Å². The van der Waals surface area contributed by atoms with Crippen LogP contribution in [0.2, 0.25) is 0 Å². The zero-order chi connectivity index (χ0) is 27.1. The molecule has 2 aromatic carbocycles. The molecule has 2 aromatic rings. The molecule has 7 nitrogen and oxygen atoms in total. The highest BCUT2D eigenvalue weighted by atomic mass is 32.2. The summed E-state index contributed by atoms with van der Waals surface area (Å²) in [5.74, 6) is -6.22. The molecular weight excluding hydrogens is 516 g/mol. The number of halogens is 4. The van der Waals surface area contributed by atoms with Gasteiger partial charge in [0.1, 0.15) is 18.0 Å². The Kier molecular flexibility index (Phi) is 7.35. The number of carbonyl (C=O) groups is 2. The first-order valence-electron chi connectivity index (χ1n) is 11.6. The molecular formula is C25H26F4N2O5S. The first-order chi connectivity index (χ1) is 17.3. The van der Waals surface area contributed by atoms with Crippen LogP contribution in [0.5, 0.6) is 0 Å². The van der Waals surface area contributed by atoms with E-state index in [0.717, 1.165) is 23.3 Å². The third kappa shape index (κ3) is 5.80. The summed E-state index contributed by atoms with van der Waals surface area (Å²) in [4.78, 5) is 27.4. The fraction of sp³-hybridized carbons (Fsp3) is 0.440. The lowest BCUT2D eigenvalue weighted by molar-refractivity contribution is -0.128. The Bertz CT molecular complexity index is 1310. The quantitative estimate of drug-likeness (QED) is 0.542. The Hall–Kier alpha value is -2.99. The van der Waals surface area contributed by atoms with Crippen LogP contribution in [0.4, 0.5) is 17.6 Å². The Morgan fingerprint density at radius 1 is 1.16 bits per heavy atom. The maximum absolute atomic E-state index is 14.5. The van der Waals surface area contributed by atoms with E-state index in [1.54, 1.807) is 0 Å². The minimum Gasteiger partial charge on any atom is -0.381 e. The SMILES string of the molecule is CC(F)(F)c1ccc([C@H](NC(=O)[C@H]2C[C@H](F)CN2C(=O)c2cccc(S(C)(=O)=O)c2)C2COC2)cc1F. The maximum atomic E-state index is 14.5. The monoisotopic (exact) mass is 542 g/mol. The van der Waals surface area contributed by atoms with Crippen LogP contribution in [-0.4, -0.2) is 63.4 Å². The Morgan fingerprint density at radius 2 is 1.86 bits per heavy atom. The molecule has 2 aliphatic rings. The first kappa shape index (κ1) is 27.1. The van der Waals surface area contributed by atoms with Gasteiger partial charge >= 0.3 is 0 Å². The molecule has 0 spiro atoms. The second-order valence-electron chi connectivity index (χ2n) is 9.52. The zero-order valence-electron chi connectivity index (χ0n) is 20.1. The molecule has 0 unspecified atom stereocenters. The van der Waals surface area contributed by atoms with Gasteiger partial charge in [0.25, 0.3) is 11.8 Å². The highest BCUT2D eigenvalue weighted by Gasteiger charge is 2.42. The maximum Gasteiger partial charge on any atom is 0.273 e. The van der Waals surface area contributed by atoms with Crippen molar-refractivity contribution in [2.24, 2.45) is 5.92 Å². The van der Waals surface area contributed by atoms with Crippen LogP contribution in [0.3, 0.4) is 0 Å². The number of carbonyl (C=O) groups excluding carboxylic acids is 2. The van der Waals surface area contributed by atoms with Crippen molar-refractivity contribution in [1.82, 2.24) is 10.2 Å². The number of hydrogen-bond acceptors (Lipinski definition) is 5. The molecule has 0 aromatic heterocycles. The Labute approximate surface area is 211 Å². The molecule has 0 radical (unpaired) electrons. The lowest BCUT2D eigenvalue weighted by Crippen LogP contribution is -2.50. The van der Waals surface area contributed by atoms with Crippen LogP contribution >= 0.6 is 0 Å². The van der Waals surface area contributed by atoms with E-state index in [4.69, 9.17) is 4.74 Å². The number of ether oxygens (including phenoxy) is 1. The second kappa shape index (κ2) is 10.1. The summed E-state index contributed by atoms with van der Waals surface area (Å²) in [6.45, 7) is 0.673. The van der Waals surface area contributed by atoms with E-state index in [-0.39, 0.29) is 48.1 Å². The number of rotatable bonds is 7. The predicted molar refractivity (Wildman–Crippen MR) is 125 cm³/mol. The smallest absolute Gasteiger partial charge is 0.273 e. The molecule has 37 heavy (non-hydrogen) atoms. The van der Waals surface area contributed by atoms with Gasteiger partial charge in [-0.3, -0.25) is 9.59 Å². The molecule has 2 heterocycles. The summed E-state index contributed by atoms with van der Waals surface area (Å²) in [5, 5.41) is 2.73. The van der Waals surface area contributed by atoms with Gasteiger partial charge in [0.2, 0.25) is 5.91 Å². The van der Waals surface area contributed by atoms with Crippen LogP contribution < -0.4 is 5.32 Å². The highest BCUT2D eigenvalue weighted by molar-refractivity contribution is 7.90. The fourth-order valence-corrected chi connectivity index (χ4v) is 5.20. The fourth-order valence-electron chi connectivity index (χ4n) is 4.53. The van der Waals surface area contributed by atoms with Crippen molar-refractivity contribution >= 4 is 21.7 Å². The van der Waals surface area contributed by atoms with Crippen LogP contribution in [-0.2, 0) is 25.3 Å². The van der Waals surface area contributed by atoms with Crippen molar-refractivity contribution in [3.63, 3.8) is 0 Å². The van der Waals surface area contributed by atoms with Crippen LogP contribution in [0.1, 0.15) is 40.9 Å². The normalized spacial score (nSPS) is 21.4. The average molecular weight is 543 g/mol. The van der Waals surface area contributed by atoms with Gasteiger partial charge < -0.3 is 15.0 Å². The van der Waals surface area contributed by atoms with Crippen molar-refractivity contribution in [1.29, 1.82) is 0 Å². The molecule has 2 aliphatic heterocycles. The standard InChI is InChI=1S/C25H26F4N2O5S/c1-25(28,29)19-7-6-14(9-20(19)27)22(16-12-36-13-16)30-23(32)21-10-17(26)11-31(21)24(33)15-4-3-5-18(8-15)37(2,34)35/h3-9,16-17,21-22H,10-13H2,1-2H3,(H,30,32)/t17-,21+,22-/m0/s1. The van der Waals surface area contributed by atoms with E-state index >= 15 is 0 Å². The summed E-state index contributed by atoms with van der Waals surface area (Å²) in [6, 6.07) is 6.40. The Morgan fingerprint density at radius 3 is 2.43 bits per heavy atom. The number of hydrogen-bond donors (Lipinski definition) is 1. The molecule has 200 valence electrons. The van der Waals surface area contributed by atoms with Crippen molar-refractivity contribution in [2.75, 3.05) is 26.0 Å². The van der Waals surface area contributed by atoms with Crippen molar-refractivity contribution in [3.8, 4) is 0 Å². The van der Waals surface area contributed by atoms with Crippen LogP contribution in [0.25, 0.3) is 0 Å². The van der Waals surface area contributed by atoms with E-state index in [0.29, 0.717) is 6.92 Å². The molecule has 0 aliphatic carbocycles. The molecule has 1 N–H and O–H groups in total. The number of sulfone groups is 1. The molecule has 2 saturated heterocycles. The summed E-state index contributed by atoms with van der Waals surface area (Å²) in [7, 11) is -3.61. The summed E-state index contributed by atoms with van der Waals surface area (Å²) >= 11 is 0. The van der Waals surface area contributed by atoms with Gasteiger partial charge in [-0.1, -0.05) is 12.1 Å². The molecule has 0 bridgehead atoms. The van der Waals surface area contributed by atoms with Gasteiger partial charge in [0, 0.05) is 31.1 Å². The van der Waals surface area contributed by atoms with Crippen molar-refractivity contribution < 1.29 is 40.3 Å². The van der Waals surface area contributed by atoms with Crippen LogP contribution in [0.15, 0.2) is 47.4 Å². The second-order valence-corrected chi connectivity index (χ2v) is 11.5. The topological polar surface area (TPSA) is 92.8 Å². The van der Waals surface area contributed by atoms with Gasteiger partial charge in [-0.15, -0.1) is 0 Å². The molecule has 3 atom stereocenters. The van der Waals surface area contributed by atoms with Gasteiger partial charge in [0.05, 0.1) is 36.3 Å². The summed E-state index contributed by atoms with van der Waals surface area (Å²) in [6.07, 6.45) is -0.791. The largest absolute Gasteiger partial charge is 0.381 e. The van der Waals surface area contributed by atoms with Gasteiger partial charge in [-0.25, -0.2) is 26.0 Å². The third-order valence-corrected chi connectivity index (χ3v) is 7.69. The summed E-state index contributed by atoms with van der Waals surface area (Å²) < 4.78 is 85.2. The first-order valence-corrected chi connectivity index (χ1v) is 13.5. The third-order valence-electron chi connectivity index (χ3n) is 6.58. The van der Waals surface area contributed by atoms with Gasteiger partial charge in [-0.2, -0.15) is 0 Å². The lowest BCUT2D eigenvalue weighted by atomic mass is 9.90. The molecule has 0 saturated carbocycles. The molecule has 12 heteroatoms. The van der Waals surface area contributed by atoms with Crippen molar-refractivity contribution in [2.45, 2.75) is 42.4 Å². The number of likely N-dealkylation sites (tertiary alicyclic amines) is 1. The van der Waals surface area contributed by atoms with Crippen molar-refractivity contribution in [3.05, 3.63) is 65.0 Å². The summed E-state index contributed by atoms with van der Waals surface area (Å²) in [5.41, 5.74) is -0.562. The van der Waals surface area contributed by atoms with Gasteiger partial charge in [-0.05, 0) is 35.9 Å². The lowest BCUT2D eigenvalue weighted by Gasteiger charge is -2.36. The van der Waals surface area contributed by atoms with E-state index < -0.39 is 57.2 Å². The molecule has 4 rings (SSSR count). The van der Waals surface area contributed by atoms with E-state index in [1.807, 2.05) is 0 Å². The van der Waals surface area contributed by atoms with E-state index in [1.165, 1.54) is 30.3 Å². The van der Waals surface area contributed by atoms with Crippen LogP contribution in [0, 0.1) is 11.7 Å². The van der Waals surface area contributed by atoms with E-state index in [9.17, 15) is 35.6 Å². The number of alkyl halides is 3. The minimum atomic E-state index is -3.61. The average Bonchev–Trinajstić information content (AvgIpc) is 3.17. The number of nitrogens with zero attached hydrogens (tertiary/aromatic N) is 1. The highest BCUT2D eigenvalue weighted by Crippen LogP contribution is 2.34.